The summed E-state index contributed by atoms with van der Waals surface area (Å²) >= 11 is 0. The van der Waals surface area contributed by atoms with Gasteiger partial charge in [0.25, 0.3) is 0 Å². The quantitative estimate of drug-likeness (QED) is 0.737. The normalized spacial score (nSPS) is 11.3. The molecule has 3 N–H and O–H groups in total. The minimum atomic E-state index is -3.70. The Morgan fingerprint density at radius 3 is 2.24 bits per heavy atom. The number of sulfonamides is 1. The number of amides is 1. The van der Waals surface area contributed by atoms with Gasteiger partial charge in [0.1, 0.15) is 12.4 Å². The van der Waals surface area contributed by atoms with Crippen molar-refractivity contribution >= 4 is 15.9 Å². The van der Waals surface area contributed by atoms with Crippen molar-refractivity contribution in [2.75, 3.05) is 13.2 Å². The molecule has 0 spiro atoms. The number of nitrogens with two attached hydrogens (primary N) is 1. The minimum absolute atomic E-state index is 0.0504. The topological polar surface area (TPSA) is 98.5 Å². The number of carbonyl (C=O) groups excluding carboxylic acids is 1. The van der Waals surface area contributed by atoms with Gasteiger partial charge in [-0.3, -0.25) is 4.79 Å². The molecule has 2 aromatic rings. The molecule has 6 nitrogen and oxygen atoms in total. The molecule has 0 radical (unpaired) electrons. The predicted molar refractivity (Wildman–Crippen MR) is 90.6 cm³/mol. The number of benzene rings is 2. The number of halogens is 1. The second-order valence-corrected chi connectivity index (χ2v) is 6.97. The lowest BCUT2D eigenvalue weighted by atomic mass is 10.1. The molecule has 25 heavy (non-hydrogen) atoms. The summed E-state index contributed by atoms with van der Waals surface area (Å²) in [4.78, 5) is 11.7. The van der Waals surface area contributed by atoms with E-state index < -0.39 is 10.0 Å². The van der Waals surface area contributed by atoms with Gasteiger partial charge in [0.2, 0.25) is 15.9 Å². The smallest absolute Gasteiger partial charge is 0.246 e. The first-order valence-corrected chi connectivity index (χ1v) is 9.10. The minimum Gasteiger partial charge on any atom is -0.367 e. The summed E-state index contributed by atoms with van der Waals surface area (Å²) in [5.74, 6) is -0.582. The van der Waals surface area contributed by atoms with Crippen molar-refractivity contribution in [2.45, 2.75) is 17.9 Å². The number of hydrogen-bond acceptors (Lipinski definition) is 4. The van der Waals surface area contributed by atoms with Crippen LogP contribution >= 0.6 is 0 Å². The first-order chi connectivity index (χ1) is 11.8. The monoisotopic (exact) mass is 366 g/mol. The van der Waals surface area contributed by atoms with Gasteiger partial charge in [0.05, 0.1) is 11.5 Å². The van der Waals surface area contributed by atoms with Gasteiger partial charge in [-0.25, -0.2) is 17.9 Å². The van der Waals surface area contributed by atoms with Gasteiger partial charge < -0.3 is 10.1 Å². The average Bonchev–Trinajstić information content (AvgIpc) is 2.56. The van der Waals surface area contributed by atoms with Crippen LogP contribution in [0.25, 0.3) is 0 Å². The highest BCUT2D eigenvalue weighted by molar-refractivity contribution is 7.89. The molecule has 8 heteroatoms. The van der Waals surface area contributed by atoms with E-state index in [1.807, 2.05) is 0 Å². The fourth-order valence-corrected chi connectivity index (χ4v) is 2.60. The molecule has 1 amide bonds. The van der Waals surface area contributed by atoms with Crippen molar-refractivity contribution in [3.05, 3.63) is 65.5 Å². The van der Waals surface area contributed by atoms with Crippen molar-refractivity contribution in [3.8, 4) is 0 Å². The molecule has 0 unspecified atom stereocenters. The zero-order valence-electron chi connectivity index (χ0n) is 13.4. The van der Waals surface area contributed by atoms with Crippen LogP contribution in [0.1, 0.15) is 11.1 Å². The van der Waals surface area contributed by atoms with Crippen molar-refractivity contribution in [3.63, 3.8) is 0 Å². The summed E-state index contributed by atoms with van der Waals surface area (Å²) in [6, 6.07) is 12.0. The van der Waals surface area contributed by atoms with Gasteiger partial charge in [0.15, 0.2) is 0 Å². The molecule has 0 aliphatic rings. The van der Waals surface area contributed by atoms with Crippen molar-refractivity contribution in [1.82, 2.24) is 5.32 Å². The third-order valence-electron chi connectivity index (χ3n) is 3.40. The lowest BCUT2D eigenvalue weighted by Crippen LogP contribution is -2.29. The largest absolute Gasteiger partial charge is 0.367 e. The van der Waals surface area contributed by atoms with E-state index in [0.717, 1.165) is 11.1 Å². The molecule has 0 bridgehead atoms. The van der Waals surface area contributed by atoms with Crippen LogP contribution in [0.4, 0.5) is 4.39 Å². The van der Waals surface area contributed by atoms with Gasteiger partial charge >= 0.3 is 0 Å². The van der Waals surface area contributed by atoms with Crippen LogP contribution in [-0.4, -0.2) is 27.5 Å². The molecule has 134 valence electrons. The van der Waals surface area contributed by atoms with Crippen molar-refractivity contribution in [1.29, 1.82) is 0 Å². The van der Waals surface area contributed by atoms with Crippen LogP contribution in [-0.2, 0) is 32.6 Å². The van der Waals surface area contributed by atoms with Gasteiger partial charge in [-0.05, 0) is 41.8 Å². The maximum atomic E-state index is 12.8. The molecule has 0 aromatic heterocycles. The summed E-state index contributed by atoms with van der Waals surface area (Å²) in [6.07, 6.45) is 0.550. The number of carbonyl (C=O) groups is 1. The van der Waals surface area contributed by atoms with E-state index in [2.05, 4.69) is 5.32 Å². The van der Waals surface area contributed by atoms with E-state index in [0.29, 0.717) is 13.0 Å². The summed E-state index contributed by atoms with van der Waals surface area (Å²) in [5.41, 5.74) is 1.66. The van der Waals surface area contributed by atoms with E-state index in [-0.39, 0.29) is 29.8 Å². The second kappa shape index (κ2) is 8.70. The van der Waals surface area contributed by atoms with Crippen LogP contribution in [0.2, 0.25) is 0 Å². The summed E-state index contributed by atoms with van der Waals surface area (Å²) in [6.45, 7) is 0.526. The lowest BCUT2D eigenvalue weighted by Gasteiger charge is -2.07. The summed E-state index contributed by atoms with van der Waals surface area (Å²) in [5, 5.41) is 7.73. The standard InChI is InChI=1S/C17H19FN2O4S/c18-15-5-1-14(2-6-15)11-24-12-17(21)20-10-9-13-3-7-16(8-4-13)25(19,22)23/h1-8H,9-12H2,(H,20,21)(H2,19,22,23). The van der Waals surface area contributed by atoms with Crippen molar-refractivity contribution < 1.29 is 22.3 Å². The van der Waals surface area contributed by atoms with Crippen LogP contribution in [0, 0.1) is 5.82 Å². The number of primary sulfonamides is 1. The van der Waals surface area contributed by atoms with Gasteiger partial charge in [0, 0.05) is 6.54 Å². The molecule has 0 saturated carbocycles. The van der Waals surface area contributed by atoms with Crippen LogP contribution in [0.3, 0.4) is 0 Å². The Bertz CT molecular complexity index is 806. The summed E-state index contributed by atoms with van der Waals surface area (Å²) < 4.78 is 40.3. The third kappa shape index (κ3) is 6.61. The number of hydrogen-bond donors (Lipinski definition) is 2. The molecule has 0 atom stereocenters. The predicted octanol–water partition coefficient (Wildman–Crippen LogP) is 1.35. The maximum Gasteiger partial charge on any atom is 0.246 e. The fraction of sp³-hybridized carbons (Fsp3) is 0.235. The molecule has 0 heterocycles. The molecule has 0 aliphatic heterocycles. The average molecular weight is 366 g/mol. The zero-order chi connectivity index (χ0) is 18.3. The van der Waals surface area contributed by atoms with Gasteiger partial charge in [-0.1, -0.05) is 24.3 Å². The van der Waals surface area contributed by atoms with Crippen LogP contribution in [0.5, 0.6) is 0 Å². The first kappa shape index (κ1) is 19.0. The van der Waals surface area contributed by atoms with Gasteiger partial charge in [-0.2, -0.15) is 0 Å². The second-order valence-electron chi connectivity index (χ2n) is 5.41. The highest BCUT2D eigenvalue weighted by Gasteiger charge is 2.07. The molecule has 0 saturated heterocycles. The lowest BCUT2D eigenvalue weighted by molar-refractivity contribution is -0.126. The van der Waals surface area contributed by atoms with E-state index in [1.165, 1.54) is 24.3 Å². The molecule has 0 aliphatic carbocycles. The Kier molecular flexibility index (Phi) is 6.63. The van der Waals surface area contributed by atoms with Gasteiger partial charge in [-0.15, -0.1) is 0 Å². The molecule has 0 fully saturated rings. The fourth-order valence-electron chi connectivity index (χ4n) is 2.09. The number of rotatable bonds is 8. The van der Waals surface area contributed by atoms with Crippen molar-refractivity contribution in [2.24, 2.45) is 5.14 Å². The summed E-state index contributed by atoms with van der Waals surface area (Å²) in [7, 11) is -3.70. The Morgan fingerprint density at radius 2 is 1.64 bits per heavy atom. The zero-order valence-corrected chi connectivity index (χ0v) is 14.3. The Hall–Kier alpha value is -2.29. The Labute approximate surface area is 145 Å². The van der Waals surface area contributed by atoms with E-state index in [1.54, 1.807) is 24.3 Å². The Balaban J connectivity index is 1.67. The van der Waals surface area contributed by atoms with E-state index >= 15 is 0 Å². The number of ether oxygens (including phenoxy) is 1. The molecule has 2 rings (SSSR count). The third-order valence-corrected chi connectivity index (χ3v) is 4.33. The van der Waals surface area contributed by atoms with E-state index in [9.17, 15) is 17.6 Å². The maximum absolute atomic E-state index is 12.8. The Morgan fingerprint density at radius 1 is 1.04 bits per heavy atom. The van der Waals surface area contributed by atoms with Crippen LogP contribution < -0.4 is 10.5 Å². The highest BCUT2D eigenvalue weighted by atomic mass is 32.2. The highest BCUT2D eigenvalue weighted by Crippen LogP contribution is 2.09. The van der Waals surface area contributed by atoms with Crippen LogP contribution in [0.15, 0.2) is 53.4 Å². The number of nitrogens with one attached hydrogen (secondary N) is 1. The molecule has 2 aromatic carbocycles. The SMILES string of the molecule is NS(=O)(=O)c1ccc(CCNC(=O)COCc2ccc(F)cc2)cc1. The molecular weight excluding hydrogens is 347 g/mol. The first-order valence-electron chi connectivity index (χ1n) is 7.55. The molecular formula is C17H19FN2O4S. The van der Waals surface area contributed by atoms with E-state index in [4.69, 9.17) is 9.88 Å².